The van der Waals surface area contributed by atoms with Crippen molar-refractivity contribution >= 4 is 5.97 Å². The smallest absolute Gasteiger partial charge is 0.337 e. The molecule has 108 valence electrons. The van der Waals surface area contributed by atoms with Gasteiger partial charge in [-0.3, -0.25) is 0 Å². The molecule has 3 heteroatoms. The lowest BCUT2D eigenvalue weighted by atomic mass is 9.69. The number of rotatable bonds is 4. The first kappa shape index (κ1) is 13.6. The fourth-order valence-corrected chi connectivity index (χ4v) is 3.65. The van der Waals surface area contributed by atoms with E-state index < -0.39 is 0 Å². The van der Waals surface area contributed by atoms with Gasteiger partial charge in [-0.15, -0.1) is 0 Å². The van der Waals surface area contributed by atoms with Gasteiger partial charge in [-0.1, -0.05) is 12.1 Å². The van der Waals surface area contributed by atoms with Crippen molar-refractivity contribution in [2.45, 2.75) is 32.1 Å². The van der Waals surface area contributed by atoms with Gasteiger partial charge in [0.25, 0.3) is 0 Å². The summed E-state index contributed by atoms with van der Waals surface area (Å²) in [5.74, 6) is -0.240. The third-order valence-corrected chi connectivity index (χ3v) is 5.17. The molecule has 0 aromatic heterocycles. The van der Waals surface area contributed by atoms with E-state index >= 15 is 0 Å². The SMILES string of the molecule is COC(=O)c1cccc(CCC23CCN(CC2)CC3)c1. The predicted molar refractivity (Wildman–Crippen MR) is 78.8 cm³/mol. The number of piperidine rings is 3. The minimum absolute atomic E-state index is 0.240. The maximum atomic E-state index is 11.6. The summed E-state index contributed by atoms with van der Waals surface area (Å²) in [5, 5.41) is 0. The first-order valence-corrected chi connectivity index (χ1v) is 7.60. The summed E-state index contributed by atoms with van der Waals surface area (Å²) in [5.41, 5.74) is 2.49. The van der Waals surface area contributed by atoms with Gasteiger partial charge in [0.05, 0.1) is 12.7 Å². The fourth-order valence-electron chi connectivity index (χ4n) is 3.65. The van der Waals surface area contributed by atoms with Crippen molar-refractivity contribution < 1.29 is 9.53 Å². The second kappa shape index (κ2) is 5.57. The highest BCUT2D eigenvalue weighted by Gasteiger charge is 2.38. The molecular weight excluding hydrogens is 250 g/mol. The van der Waals surface area contributed by atoms with Crippen molar-refractivity contribution in [2.75, 3.05) is 26.7 Å². The molecule has 0 saturated carbocycles. The zero-order valence-corrected chi connectivity index (χ0v) is 12.2. The van der Waals surface area contributed by atoms with Crippen LogP contribution in [0.25, 0.3) is 0 Å². The van der Waals surface area contributed by atoms with Gasteiger partial charge in [-0.25, -0.2) is 4.79 Å². The highest BCUT2D eigenvalue weighted by atomic mass is 16.5. The number of benzene rings is 1. The van der Waals surface area contributed by atoms with Crippen molar-refractivity contribution in [1.29, 1.82) is 0 Å². The van der Waals surface area contributed by atoms with Gasteiger partial charge in [-0.05, 0) is 74.8 Å². The Kier molecular flexibility index (Phi) is 3.79. The second-order valence-corrected chi connectivity index (χ2v) is 6.28. The lowest BCUT2D eigenvalue weighted by Crippen LogP contribution is -2.48. The number of ether oxygens (including phenoxy) is 1. The number of carbonyl (C=O) groups excluding carboxylic acids is 1. The van der Waals surface area contributed by atoms with Gasteiger partial charge in [0.2, 0.25) is 0 Å². The Morgan fingerprint density at radius 2 is 1.95 bits per heavy atom. The summed E-state index contributed by atoms with van der Waals surface area (Å²) in [4.78, 5) is 14.2. The van der Waals surface area contributed by atoms with Gasteiger partial charge < -0.3 is 9.64 Å². The molecule has 0 atom stereocenters. The van der Waals surface area contributed by atoms with E-state index in [1.807, 2.05) is 18.2 Å². The minimum atomic E-state index is -0.240. The Hall–Kier alpha value is -1.35. The van der Waals surface area contributed by atoms with Gasteiger partial charge in [-0.2, -0.15) is 0 Å². The van der Waals surface area contributed by atoms with Gasteiger partial charge in [0.1, 0.15) is 0 Å². The van der Waals surface area contributed by atoms with Crippen molar-refractivity contribution in [1.82, 2.24) is 4.90 Å². The van der Waals surface area contributed by atoms with Crippen LogP contribution in [0.5, 0.6) is 0 Å². The molecule has 0 radical (unpaired) electrons. The topological polar surface area (TPSA) is 29.5 Å². The number of hydrogen-bond donors (Lipinski definition) is 0. The van der Waals surface area contributed by atoms with E-state index in [1.54, 1.807) is 0 Å². The minimum Gasteiger partial charge on any atom is -0.465 e. The molecule has 2 bridgehead atoms. The summed E-state index contributed by atoms with van der Waals surface area (Å²) >= 11 is 0. The summed E-state index contributed by atoms with van der Waals surface area (Å²) in [6.07, 6.45) is 6.38. The van der Waals surface area contributed by atoms with Crippen molar-refractivity contribution in [3.05, 3.63) is 35.4 Å². The molecular formula is C17H23NO2. The normalized spacial score (nSPS) is 28.4. The average molecular weight is 273 g/mol. The molecule has 0 aliphatic carbocycles. The van der Waals surface area contributed by atoms with Crippen molar-refractivity contribution in [3.8, 4) is 0 Å². The third kappa shape index (κ3) is 2.73. The number of aryl methyl sites for hydroxylation is 1. The lowest BCUT2D eigenvalue weighted by Gasteiger charge is -2.48. The maximum Gasteiger partial charge on any atom is 0.337 e. The summed E-state index contributed by atoms with van der Waals surface area (Å²) in [6, 6.07) is 7.90. The van der Waals surface area contributed by atoms with E-state index in [2.05, 4.69) is 11.0 Å². The summed E-state index contributed by atoms with van der Waals surface area (Å²) in [7, 11) is 1.43. The molecule has 0 N–H and O–H groups in total. The molecule has 0 amide bonds. The second-order valence-electron chi connectivity index (χ2n) is 6.28. The number of esters is 1. The zero-order valence-electron chi connectivity index (χ0n) is 12.2. The maximum absolute atomic E-state index is 11.6. The highest BCUT2D eigenvalue weighted by Crippen LogP contribution is 2.43. The van der Waals surface area contributed by atoms with E-state index in [1.165, 1.54) is 58.0 Å². The van der Waals surface area contributed by atoms with E-state index in [-0.39, 0.29) is 5.97 Å². The molecule has 0 unspecified atom stereocenters. The number of carbonyl (C=O) groups is 1. The molecule has 3 fully saturated rings. The largest absolute Gasteiger partial charge is 0.465 e. The quantitative estimate of drug-likeness (QED) is 0.790. The van der Waals surface area contributed by atoms with Crippen LogP contribution in [0.2, 0.25) is 0 Å². The molecule has 3 aliphatic heterocycles. The van der Waals surface area contributed by atoms with E-state index in [0.717, 1.165) is 6.42 Å². The molecule has 0 spiro atoms. The molecule has 1 aromatic rings. The molecule has 3 saturated heterocycles. The monoisotopic (exact) mass is 273 g/mol. The molecule has 20 heavy (non-hydrogen) atoms. The number of methoxy groups -OCH3 is 1. The standard InChI is InChI=1S/C17H23NO2/c1-20-16(19)15-4-2-3-14(13-15)5-6-17-7-10-18(11-8-17)12-9-17/h2-4,13H,5-12H2,1H3. The van der Waals surface area contributed by atoms with Crippen LogP contribution in [0, 0.1) is 5.41 Å². The van der Waals surface area contributed by atoms with Crippen LogP contribution in [-0.4, -0.2) is 37.6 Å². The Balaban J connectivity index is 1.64. The highest BCUT2D eigenvalue weighted by molar-refractivity contribution is 5.89. The number of nitrogens with zero attached hydrogens (tertiary/aromatic N) is 1. The van der Waals surface area contributed by atoms with Crippen LogP contribution in [0.4, 0.5) is 0 Å². The Morgan fingerprint density at radius 3 is 2.60 bits per heavy atom. The third-order valence-electron chi connectivity index (χ3n) is 5.17. The van der Waals surface area contributed by atoms with E-state index in [9.17, 15) is 4.79 Å². The number of hydrogen-bond acceptors (Lipinski definition) is 3. The van der Waals surface area contributed by atoms with Crippen LogP contribution in [0.3, 0.4) is 0 Å². The molecule has 1 aromatic carbocycles. The van der Waals surface area contributed by atoms with Gasteiger partial charge in [0.15, 0.2) is 0 Å². The van der Waals surface area contributed by atoms with Crippen LogP contribution < -0.4 is 0 Å². The van der Waals surface area contributed by atoms with Gasteiger partial charge >= 0.3 is 5.97 Å². The number of fused-ring (bicyclic) bond motifs is 3. The predicted octanol–water partition coefficient (Wildman–Crippen LogP) is 2.89. The van der Waals surface area contributed by atoms with Crippen LogP contribution >= 0.6 is 0 Å². The summed E-state index contributed by atoms with van der Waals surface area (Å²) < 4.78 is 4.79. The Labute approximate surface area is 120 Å². The Morgan fingerprint density at radius 1 is 1.25 bits per heavy atom. The van der Waals surface area contributed by atoms with Crippen molar-refractivity contribution in [3.63, 3.8) is 0 Å². The van der Waals surface area contributed by atoms with Crippen LogP contribution in [0.15, 0.2) is 24.3 Å². The van der Waals surface area contributed by atoms with E-state index in [4.69, 9.17) is 4.74 Å². The van der Waals surface area contributed by atoms with E-state index in [0.29, 0.717) is 11.0 Å². The first-order valence-electron chi connectivity index (χ1n) is 7.60. The van der Waals surface area contributed by atoms with Crippen LogP contribution in [-0.2, 0) is 11.2 Å². The average Bonchev–Trinajstić information content (AvgIpc) is 2.54. The Bertz CT molecular complexity index is 476. The molecule has 3 heterocycles. The molecule has 3 aliphatic rings. The van der Waals surface area contributed by atoms with Gasteiger partial charge in [0, 0.05) is 0 Å². The molecule has 3 nitrogen and oxygen atoms in total. The molecule has 4 rings (SSSR count). The zero-order chi connectivity index (χ0) is 14.0. The first-order chi connectivity index (χ1) is 9.71. The summed E-state index contributed by atoms with van der Waals surface area (Å²) in [6.45, 7) is 3.84. The van der Waals surface area contributed by atoms with Crippen LogP contribution in [0.1, 0.15) is 41.6 Å². The lowest BCUT2D eigenvalue weighted by molar-refractivity contribution is 0.0201. The fraction of sp³-hybridized carbons (Fsp3) is 0.588. The van der Waals surface area contributed by atoms with Crippen molar-refractivity contribution in [2.24, 2.45) is 5.41 Å².